The molecule has 0 fully saturated rings. The highest BCUT2D eigenvalue weighted by molar-refractivity contribution is 6.02. The van der Waals surface area contributed by atoms with Crippen molar-refractivity contribution in [2.45, 2.75) is 46.0 Å². The molecule has 7 heteroatoms. The lowest BCUT2D eigenvalue weighted by Gasteiger charge is -2.13. The van der Waals surface area contributed by atoms with Gasteiger partial charge in [0.2, 0.25) is 5.88 Å². The molecule has 0 bridgehead atoms. The molecule has 0 aliphatic rings. The highest BCUT2D eigenvalue weighted by Crippen LogP contribution is 2.20. The molecule has 2 aromatic rings. The molecule has 146 valence electrons. The standard InChI is InChI=1S/C20H27N3O4/c1-4-6-7-8-13-21-16(5-2)17-18(24)22-20(26)23(19(17)25)14-9-11-15(27-3)12-10-14/h9-12,25H,4-8,13H2,1-3H3,(H,22,24,26). The average molecular weight is 373 g/mol. The monoisotopic (exact) mass is 373 g/mol. The lowest BCUT2D eigenvalue weighted by atomic mass is 10.1. The molecule has 0 aliphatic carbocycles. The van der Waals surface area contributed by atoms with Gasteiger partial charge in [-0.05, 0) is 37.1 Å². The molecule has 7 nitrogen and oxygen atoms in total. The van der Waals surface area contributed by atoms with Gasteiger partial charge < -0.3 is 9.84 Å². The number of H-pyrrole nitrogens is 1. The van der Waals surface area contributed by atoms with Gasteiger partial charge in [0.15, 0.2) is 0 Å². The summed E-state index contributed by atoms with van der Waals surface area (Å²) in [4.78, 5) is 31.4. The van der Waals surface area contributed by atoms with E-state index in [1.165, 1.54) is 0 Å². The lowest BCUT2D eigenvalue weighted by Crippen LogP contribution is -2.33. The molecule has 0 atom stereocenters. The van der Waals surface area contributed by atoms with E-state index in [1.807, 2.05) is 6.92 Å². The van der Waals surface area contributed by atoms with Crippen LogP contribution in [0.5, 0.6) is 11.6 Å². The maximum absolute atomic E-state index is 12.4. The van der Waals surface area contributed by atoms with Crippen molar-refractivity contribution in [1.29, 1.82) is 0 Å². The molecule has 0 aliphatic heterocycles. The summed E-state index contributed by atoms with van der Waals surface area (Å²) in [6, 6.07) is 6.62. The zero-order valence-corrected chi connectivity index (χ0v) is 16.1. The van der Waals surface area contributed by atoms with Crippen LogP contribution in [0.4, 0.5) is 0 Å². The summed E-state index contributed by atoms with van der Waals surface area (Å²) in [5.41, 5.74) is -0.369. The summed E-state index contributed by atoms with van der Waals surface area (Å²) in [7, 11) is 1.54. The normalized spacial score (nSPS) is 11.6. The Labute approximate surface area is 158 Å². The van der Waals surface area contributed by atoms with Crippen LogP contribution in [0.3, 0.4) is 0 Å². The molecule has 0 unspecified atom stereocenters. The molecule has 0 spiro atoms. The number of ether oxygens (including phenoxy) is 1. The van der Waals surface area contributed by atoms with E-state index in [2.05, 4.69) is 16.9 Å². The highest BCUT2D eigenvalue weighted by Gasteiger charge is 2.19. The van der Waals surface area contributed by atoms with Crippen LogP contribution >= 0.6 is 0 Å². The van der Waals surface area contributed by atoms with E-state index in [0.717, 1.165) is 30.3 Å². The third-order valence-electron chi connectivity index (χ3n) is 4.35. The first-order chi connectivity index (χ1) is 13.0. The zero-order chi connectivity index (χ0) is 19.8. The van der Waals surface area contributed by atoms with Gasteiger partial charge in [0.05, 0.1) is 18.5 Å². The van der Waals surface area contributed by atoms with Crippen LogP contribution in [0.25, 0.3) is 5.69 Å². The number of methoxy groups -OCH3 is 1. The Bertz CT molecular complexity index is 895. The van der Waals surface area contributed by atoms with Crippen molar-refractivity contribution in [3.8, 4) is 17.3 Å². The molecule has 0 radical (unpaired) electrons. The topological polar surface area (TPSA) is 96.7 Å². The molecule has 2 N–H and O–H groups in total. The Morgan fingerprint density at radius 2 is 1.85 bits per heavy atom. The fraction of sp³-hybridized carbons (Fsp3) is 0.450. The maximum atomic E-state index is 12.4. The minimum Gasteiger partial charge on any atom is -0.497 e. The van der Waals surface area contributed by atoms with Crippen LogP contribution in [-0.2, 0) is 0 Å². The predicted octanol–water partition coefficient (Wildman–Crippen LogP) is 3.02. The van der Waals surface area contributed by atoms with Gasteiger partial charge in [-0.15, -0.1) is 0 Å². The minimum atomic E-state index is -0.704. The highest BCUT2D eigenvalue weighted by atomic mass is 16.5. The number of hydrogen-bond donors (Lipinski definition) is 2. The third kappa shape index (κ3) is 4.87. The van der Waals surface area contributed by atoms with Gasteiger partial charge in [-0.1, -0.05) is 33.1 Å². The van der Waals surface area contributed by atoms with E-state index in [-0.39, 0.29) is 5.56 Å². The number of aromatic amines is 1. The Morgan fingerprint density at radius 3 is 2.44 bits per heavy atom. The van der Waals surface area contributed by atoms with Crippen LogP contribution in [0.15, 0.2) is 38.8 Å². The molecule has 2 rings (SSSR count). The van der Waals surface area contributed by atoms with Crippen molar-refractivity contribution >= 4 is 5.71 Å². The Morgan fingerprint density at radius 1 is 1.15 bits per heavy atom. The van der Waals surface area contributed by atoms with Crippen molar-refractivity contribution in [1.82, 2.24) is 9.55 Å². The number of unbranched alkanes of at least 4 members (excludes halogenated alkanes) is 3. The van der Waals surface area contributed by atoms with Crippen molar-refractivity contribution < 1.29 is 9.84 Å². The number of aromatic nitrogens is 2. The summed E-state index contributed by atoms with van der Waals surface area (Å²) in [5, 5.41) is 10.7. The maximum Gasteiger partial charge on any atom is 0.335 e. The van der Waals surface area contributed by atoms with Gasteiger partial charge in [-0.2, -0.15) is 0 Å². The van der Waals surface area contributed by atoms with Gasteiger partial charge in [-0.3, -0.25) is 14.8 Å². The molecule has 27 heavy (non-hydrogen) atoms. The fourth-order valence-electron chi connectivity index (χ4n) is 2.88. The van der Waals surface area contributed by atoms with Crippen molar-refractivity contribution in [3.63, 3.8) is 0 Å². The summed E-state index contributed by atoms with van der Waals surface area (Å²) in [6.45, 7) is 4.59. The van der Waals surface area contributed by atoms with Gasteiger partial charge >= 0.3 is 5.69 Å². The second kappa shape index (κ2) is 9.75. The second-order valence-electron chi connectivity index (χ2n) is 6.23. The van der Waals surface area contributed by atoms with Crippen molar-refractivity contribution in [2.75, 3.05) is 13.7 Å². The molecule has 1 aromatic heterocycles. The number of rotatable bonds is 9. The first-order valence-corrected chi connectivity index (χ1v) is 9.29. The second-order valence-corrected chi connectivity index (χ2v) is 6.23. The van der Waals surface area contributed by atoms with E-state index in [4.69, 9.17) is 4.74 Å². The lowest BCUT2D eigenvalue weighted by molar-refractivity contribution is 0.414. The molecule has 0 saturated carbocycles. The Kier molecular flexibility index (Phi) is 7.40. The third-order valence-corrected chi connectivity index (χ3v) is 4.35. The van der Waals surface area contributed by atoms with E-state index in [9.17, 15) is 14.7 Å². The van der Waals surface area contributed by atoms with Crippen LogP contribution in [0.2, 0.25) is 0 Å². The first-order valence-electron chi connectivity index (χ1n) is 9.29. The van der Waals surface area contributed by atoms with Crippen LogP contribution in [0.1, 0.15) is 51.5 Å². The van der Waals surface area contributed by atoms with E-state index in [0.29, 0.717) is 30.1 Å². The summed E-state index contributed by atoms with van der Waals surface area (Å²) < 4.78 is 6.18. The SMILES string of the molecule is CCCCCCN=C(CC)c1c(O)n(-c2ccc(OC)cc2)c(=O)[nH]c1=O. The van der Waals surface area contributed by atoms with Crippen molar-refractivity contribution in [2.24, 2.45) is 4.99 Å². The number of hydrogen-bond acceptors (Lipinski definition) is 5. The number of benzene rings is 1. The number of aliphatic imine (C=N–C) groups is 1. The quantitative estimate of drug-likeness (QED) is 0.521. The van der Waals surface area contributed by atoms with E-state index >= 15 is 0 Å². The van der Waals surface area contributed by atoms with Crippen molar-refractivity contribution in [3.05, 3.63) is 50.7 Å². The smallest absolute Gasteiger partial charge is 0.335 e. The number of nitrogens with one attached hydrogen (secondary N) is 1. The molecule has 1 aromatic carbocycles. The largest absolute Gasteiger partial charge is 0.497 e. The average Bonchev–Trinajstić information content (AvgIpc) is 2.66. The molecule has 0 saturated heterocycles. The number of nitrogens with zero attached hydrogens (tertiary/aromatic N) is 2. The molecular weight excluding hydrogens is 346 g/mol. The predicted molar refractivity (Wildman–Crippen MR) is 107 cm³/mol. The van der Waals surface area contributed by atoms with Crippen LogP contribution < -0.4 is 16.0 Å². The molecule has 1 heterocycles. The molecule has 0 amide bonds. The number of aromatic hydroxyl groups is 1. The van der Waals surface area contributed by atoms with Crippen LogP contribution in [-0.4, -0.2) is 34.0 Å². The fourth-order valence-corrected chi connectivity index (χ4v) is 2.88. The minimum absolute atomic E-state index is 0.0448. The summed E-state index contributed by atoms with van der Waals surface area (Å²) in [5.74, 6) is 0.224. The first kappa shape index (κ1) is 20.5. The Hall–Kier alpha value is -2.83. The Balaban J connectivity index is 2.45. The van der Waals surface area contributed by atoms with Crippen LogP contribution in [0, 0.1) is 0 Å². The summed E-state index contributed by atoms with van der Waals surface area (Å²) in [6.07, 6.45) is 4.76. The van der Waals surface area contributed by atoms with E-state index in [1.54, 1.807) is 31.4 Å². The van der Waals surface area contributed by atoms with E-state index < -0.39 is 17.1 Å². The van der Waals surface area contributed by atoms with Gasteiger partial charge in [-0.25, -0.2) is 9.36 Å². The van der Waals surface area contributed by atoms with Gasteiger partial charge in [0.25, 0.3) is 5.56 Å². The summed E-state index contributed by atoms with van der Waals surface area (Å²) >= 11 is 0. The van der Waals surface area contributed by atoms with Gasteiger partial charge in [0.1, 0.15) is 11.3 Å². The molecular formula is C20H27N3O4. The zero-order valence-electron chi connectivity index (χ0n) is 16.1. The van der Waals surface area contributed by atoms with Gasteiger partial charge in [0, 0.05) is 6.54 Å².